The van der Waals surface area contributed by atoms with Gasteiger partial charge in [0.1, 0.15) is 24.0 Å². The summed E-state index contributed by atoms with van der Waals surface area (Å²) in [5, 5.41) is 0. The molecule has 0 radical (unpaired) electrons. The fraction of sp³-hybridized carbons (Fsp3) is 0.375. The van der Waals surface area contributed by atoms with E-state index < -0.39 is 22.0 Å². The second-order valence-corrected chi connectivity index (χ2v) is 10.4. The van der Waals surface area contributed by atoms with Crippen LogP contribution in [-0.2, 0) is 26.0 Å². The van der Waals surface area contributed by atoms with Crippen LogP contribution < -0.4 is 0 Å². The molecule has 1 N–H and O–H groups in total. The van der Waals surface area contributed by atoms with E-state index in [9.17, 15) is 13.2 Å². The van der Waals surface area contributed by atoms with E-state index in [0.717, 1.165) is 32.4 Å². The standard InChI is InChI=1S/C24H30N4O4S/c1-6-13-32-24(29)22(14-16(2)3)28(5)33(30,31)19-9-7-18(8-10-19)15-21-23-20(11-12-25-21)26-17(4)27-23/h6-12,16,22H,1,13-15H2,2-5H3,(H,26,27)/t22-/m1/s1. The highest BCUT2D eigenvalue weighted by molar-refractivity contribution is 7.89. The van der Waals surface area contributed by atoms with Crippen molar-refractivity contribution in [1.29, 1.82) is 0 Å². The molecule has 0 fully saturated rings. The van der Waals surface area contributed by atoms with Crippen molar-refractivity contribution in [2.24, 2.45) is 5.92 Å². The Labute approximate surface area is 194 Å². The number of carbonyl (C=O) groups excluding carboxylic acids is 1. The van der Waals surface area contributed by atoms with Gasteiger partial charge in [0, 0.05) is 19.7 Å². The Hall–Kier alpha value is -3.04. The van der Waals surface area contributed by atoms with Crippen LogP contribution in [0, 0.1) is 12.8 Å². The number of aromatic amines is 1. The van der Waals surface area contributed by atoms with E-state index in [-0.39, 0.29) is 17.4 Å². The molecule has 0 spiro atoms. The number of H-pyrrole nitrogens is 1. The lowest BCUT2D eigenvalue weighted by molar-refractivity contribution is -0.147. The molecule has 0 aliphatic rings. The quantitative estimate of drug-likeness (QED) is 0.358. The largest absolute Gasteiger partial charge is 0.460 e. The number of carbonyl (C=O) groups is 1. The average Bonchev–Trinajstić information content (AvgIpc) is 3.17. The second-order valence-electron chi connectivity index (χ2n) is 8.38. The van der Waals surface area contributed by atoms with Crippen LogP contribution in [-0.4, -0.2) is 53.3 Å². The first-order valence-electron chi connectivity index (χ1n) is 10.8. The maximum absolute atomic E-state index is 13.3. The number of nitrogens with one attached hydrogen (secondary N) is 1. The molecule has 8 nitrogen and oxygen atoms in total. The molecule has 2 heterocycles. The van der Waals surface area contributed by atoms with Crippen molar-refractivity contribution >= 4 is 27.0 Å². The Morgan fingerprint density at radius 1 is 1.24 bits per heavy atom. The third kappa shape index (κ3) is 5.66. The lowest BCUT2D eigenvalue weighted by Gasteiger charge is -2.27. The molecule has 0 aliphatic heterocycles. The molecule has 33 heavy (non-hydrogen) atoms. The summed E-state index contributed by atoms with van der Waals surface area (Å²) in [5.41, 5.74) is 3.44. The van der Waals surface area contributed by atoms with Crippen molar-refractivity contribution in [2.45, 2.75) is 44.6 Å². The van der Waals surface area contributed by atoms with Gasteiger partial charge in [-0.1, -0.05) is 38.6 Å². The number of hydrogen-bond acceptors (Lipinski definition) is 6. The van der Waals surface area contributed by atoms with Crippen LogP contribution in [0.2, 0.25) is 0 Å². The Morgan fingerprint density at radius 2 is 1.94 bits per heavy atom. The van der Waals surface area contributed by atoms with E-state index in [0.29, 0.717) is 12.8 Å². The number of benzene rings is 1. The van der Waals surface area contributed by atoms with Crippen LogP contribution in [0.3, 0.4) is 0 Å². The minimum absolute atomic E-state index is 0.0341. The summed E-state index contributed by atoms with van der Waals surface area (Å²) in [6, 6.07) is 7.58. The summed E-state index contributed by atoms with van der Waals surface area (Å²) >= 11 is 0. The minimum Gasteiger partial charge on any atom is -0.460 e. The van der Waals surface area contributed by atoms with Crippen LogP contribution in [0.1, 0.15) is 37.4 Å². The number of esters is 1. The summed E-state index contributed by atoms with van der Waals surface area (Å²) < 4.78 is 32.8. The van der Waals surface area contributed by atoms with Gasteiger partial charge in [0.15, 0.2) is 0 Å². The smallest absolute Gasteiger partial charge is 0.324 e. The van der Waals surface area contributed by atoms with Crippen molar-refractivity contribution in [2.75, 3.05) is 13.7 Å². The summed E-state index contributed by atoms with van der Waals surface area (Å²) in [6.45, 7) is 9.31. The van der Waals surface area contributed by atoms with Crippen LogP contribution in [0.25, 0.3) is 11.0 Å². The van der Waals surface area contributed by atoms with Crippen LogP contribution >= 0.6 is 0 Å². The molecule has 3 aromatic rings. The summed E-state index contributed by atoms with van der Waals surface area (Å²) in [7, 11) is -2.49. The highest BCUT2D eigenvalue weighted by atomic mass is 32.2. The van der Waals surface area contributed by atoms with Crippen molar-refractivity contribution in [3.63, 3.8) is 0 Å². The van der Waals surface area contributed by atoms with Gasteiger partial charge in [-0.15, -0.1) is 0 Å². The van der Waals surface area contributed by atoms with Gasteiger partial charge in [-0.2, -0.15) is 4.31 Å². The second kappa shape index (κ2) is 10.3. The predicted octanol–water partition coefficient (Wildman–Crippen LogP) is 3.62. The molecule has 0 amide bonds. The van der Waals surface area contributed by atoms with E-state index in [4.69, 9.17) is 4.74 Å². The average molecular weight is 471 g/mol. The third-order valence-electron chi connectivity index (χ3n) is 5.32. The van der Waals surface area contributed by atoms with Gasteiger partial charge < -0.3 is 9.72 Å². The number of aromatic nitrogens is 3. The highest BCUT2D eigenvalue weighted by Crippen LogP contribution is 2.23. The molecule has 2 aromatic heterocycles. The number of imidazole rings is 1. The molecule has 0 aliphatic carbocycles. The Balaban J connectivity index is 1.82. The number of sulfonamides is 1. The van der Waals surface area contributed by atoms with Gasteiger partial charge in [0.25, 0.3) is 0 Å². The van der Waals surface area contributed by atoms with Gasteiger partial charge in [-0.05, 0) is 43.0 Å². The SMILES string of the molecule is C=CCOC(=O)[C@@H](CC(C)C)N(C)S(=O)(=O)c1ccc(Cc2nccc3[nH]c(C)nc23)cc1. The molecule has 1 aromatic carbocycles. The zero-order valence-electron chi connectivity index (χ0n) is 19.4. The molecule has 9 heteroatoms. The first kappa shape index (κ1) is 24.6. The molecule has 3 rings (SSSR count). The van der Waals surface area contributed by atoms with Gasteiger partial charge in [-0.25, -0.2) is 13.4 Å². The number of nitrogens with zero attached hydrogens (tertiary/aromatic N) is 3. The Bertz CT molecular complexity index is 1230. The lowest BCUT2D eigenvalue weighted by Crippen LogP contribution is -2.44. The summed E-state index contributed by atoms with van der Waals surface area (Å²) in [5.74, 6) is 0.332. The van der Waals surface area contributed by atoms with Gasteiger partial charge in [0.2, 0.25) is 10.0 Å². The molecule has 1 atom stereocenters. The van der Waals surface area contributed by atoms with E-state index >= 15 is 0 Å². The topological polar surface area (TPSA) is 105 Å². The molecule has 0 bridgehead atoms. The van der Waals surface area contributed by atoms with Crippen molar-refractivity contribution in [3.05, 3.63) is 66.3 Å². The minimum atomic E-state index is -3.90. The van der Waals surface area contributed by atoms with E-state index in [1.54, 1.807) is 30.5 Å². The normalized spacial score (nSPS) is 12.9. The van der Waals surface area contributed by atoms with Crippen molar-refractivity contribution in [1.82, 2.24) is 19.3 Å². The zero-order valence-corrected chi connectivity index (χ0v) is 20.2. The highest BCUT2D eigenvalue weighted by Gasteiger charge is 2.34. The van der Waals surface area contributed by atoms with Crippen molar-refractivity contribution < 1.29 is 17.9 Å². The summed E-state index contributed by atoms with van der Waals surface area (Å²) in [6.07, 6.45) is 4.05. The number of fused-ring (bicyclic) bond motifs is 1. The van der Waals surface area contributed by atoms with Crippen LogP contribution in [0.15, 0.2) is 54.1 Å². The predicted molar refractivity (Wildman–Crippen MR) is 127 cm³/mol. The number of likely N-dealkylation sites (N-methyl/N-ethyl adjacent to an activating group) is 1. The first-order chi connectivity index (χ1) is 15.6. The van der Waals surface area contributed by atoms with E-state index in [2.05, 4.69) is 21.5 Å². The maximum Gasteiger partial charge on any atom is 0.324 e. The first-order valence-corrected chi connectivity index (χ1v) is 12.2. The molecule has 0 unspecified atom stereocenters. The van der Waals surface area contributed by atoms with E-state index in [1.165, 1.54) is 13.1 Å². The van der Waals surface area contributed by atoms with E-state index in [1.807, 2.05) is 26.8 Å². The zero-order chi connectivity index (χ0) is 24.2. The fourth-order valence-corrected chi connectivity index (χ4v) is 4.95. The molecular formula is C24H30N4O4S. The third-order valence-corrected chi connectivity index (χ3v) is 7.20. The number of rotatable bonds is 10. The molecular weight excluding hydrogens is 440 g/mol. The number of hydrogen-bond donors (Lipinski definition) is 1. The van der Waals surface area contributed by atoms with Gasteiger partial charge in [-0.3, -0.25) is 9.78 Å². The lowest BCUT2D eigenvalue weighted by atomic mass is 10.0. The number of aryl methyl sites for hydroxylation is 1. The van der Waals surface area contributed by atoms with Crippen LogP contribution in [0.5, 0.6) is 0 Å². The Morgan fingerprint density at radius 3 is 2.58 bits per heavy atom. The molecule has 0 saturated heterocycles. The number of pyridine rings is 1. The maximum atomic E-state index is 13.3. The fourth-order valence-electron chi connectivity index (χ4n) is 3.63. The van der Waals surface area contributed by atoms with Crippen molar-refractivity contribution in [3.8, 4) is 0 Å². The Kier molecular flexibility index (Phi) is 7.65. The van der Waals surface area contributed by atoms with Crippen LogP contribution in [0.4, 0.5) is 0 Å². The number of ether oxygens (including phenoxy) is 1. The monoisotopic (exact) mass is 470 g/mol. The molecule has 0 saturated carbocycles. The molecule has 176 valence electrons. The summed E-state index contributed by atoms with van der Waals surface area (Å²) in [4.78, 5) is 24.8. The van der Waals surface area contributed by atoms with Gasteiger partial charge in [0.05, 0.1) is 16.1 Å². The van der Waals surface area contributed by atoms with Gasteiger partial charge >= 0.3 is 5.97 Å².